The number of oxime groups is 1. The standard InChI is InChI=1S/C19H16FNO4/c1-12-16(19(22)25-21-12)9-14-5-8-17(18(10-14)23-2)24-11-13-3-6-15(20)7-4-13/h3-10H,11H2,1-2H3. The first kappa shape index (κ1) is 16.7. The Morgan fingerprint density at radius 1 is 1.16 bits per heavy atom. The number of benzene rings is 2. The number of carbonyl (C=O) groups is 1. The molecule has 0 bridgehead atoms. The van der Waals surface area contributed by atoms with Crippen LogP contribution in [0.4, 0.5) is 4.39 Å². The summed E-state index contributed by atoms with van der Waals surface area (Å²) >= 11 is 0. The van der Waals surface area contributed by atoms with E-state index in [1.807, 2.05) is 0 Å². The third-order valence-corrected chi connectivity index (χ3v) is 3.68. The maximum atomic E-state index is 12.9. The van der Waals surface area contributed by atoms with E-state index in [4.69, 9.17) is 9.47 Å². The highest BCUT2D eigenvalue weighted by atomic mass is 19.1. The molecule has 0 saturated heterocycles. The van der Waals surface area contributed by atoms with E-state index < -0.39 is 5.97 Å². The molecule has 0 atom stereocenters. The zero-order chi connectivity index (χ0) is 17.8. The van der Waals surface area contributed by atoms with Crippen molar-refractivity contribution in [3.05, 3.63) is 65.0 Å². The van der Waals surface area contributed by atoms with Crippen LogP contribution in [0.3, 0.4) is 0 Å². The molecule has 0 fully saturated rings. The molecule has 6 heteroatoms. The molecule has 0 saturated carbocycles. The van der Waals surface area contributed by atoms with Crippen LogP contribution in [0, 0.1) is 5.82 Å². The smallest absolute Gasteiger partial charge is 0.367 e. The average Bonchev–Trinajstić information content (AvgIpc) is 2.93. The van der Waals surface area contributed by atoms with E-state index in [0.717, 1.165) is 11.1 Å². The summed E-state index contributed by atoms with van der Waals surface area (Å²) in [6.45, 7) is 1.99. The van der Waals surface area contributed by atoms with Gasteiger partial charge in [0.25, 0.3) is 0 Å². The molecular formula is C19H16FNO4. The van der Waals surface area contributed by atoms with Crippen molar-refractivity contribution in [1.82, 2.24) is 0 Å². The van der Waals surface area contributed by atoms with E-state index in [-0.39, 0.29) is 12.4 Å². The zero-order valence-corrected chi connectivity index (χ0v) is 13.8. The van der Waals surface area contributed by atoms with Crippen molar-refractivity contribution in [2.24, 2.45) is 5.16 Å². The summed E-state index contributed by atoms with van der Waals surface area (Å²) in [5.74, 6) is 0.307. The van der Waals surface area contributed by atoms with Crippen LogP contribution in [-0.4, -0.2) is 18.8 Å². The second kappa shape index (κ2) is 7.17. The third-order valence-electron chi connectivity index (χ3n) is 3.68. The number of hydrogen-bond acceptors (Lipinski definition) is 5. The van der Waals surface area contributed by atoms with Gasteiger partial charge in [-0.3, -0.25) is 0 Å². The fraction of sp³-hybridized carbons (Fsp3) is 0.158. The Bertz CT molecular complexity index is 856. The van der Waals surface area contributed by atoms with Crippen LogP contribution in [0.2, 0.25) is 0 Å². The molecule has 0 unspecified atom stereocenters. The number of ether oxygens (including phenoxy) is 2. The SMILES string of the molecule is COc1cc(C=C2C(=O)ON=C2C)ccc1OCc1ccc(F)cc1. The molecule has 0 spiro atoms. The van der Waals surface area contributed by atoms with Crippen molar-refractivity contribution in [1.29, 1.82) is 0 Å². The minimum absolute atomic E-state index is 0.287. The summed E-state index contributed by atoms with van der Waals surface area (Å²) in [7, 11) is 1.54. The Morgan fingerprint density at radius 2 is 1.92 bits per heavy atom. The number of methoxy groups -OCH3 is 1. The van der Waals surface area contributed by atoms with Crippen molar-refractivity contribution in [2.45, 2.75) is 13.5 Å². The summed E-state index contributed by atoms with van der Waals surface area (Å²) in [6, 6.07) is 11.4. The first-order valence-corrected chi connectivity index (χ1v) is 7.60. The van der Waals surface area contributed by atoms with E-state index in [0.29, 0.717) is 22.8 Å². The predicted molar refractivity (Wildman–Crippen MR) is 90.9 cm³/mol. The lowest BCUT2D eigenvalue weighted by atomic mass is 10.1. The molecule has 5 nitrogen and oxygen atoms in total. The second-order valence-electron chi connectivity index (χ2n) is 5.44. The van der Waals surface area contributed by atoms with Gasteiger partial charge in [-0.1, -0.05) is 23.4 Å². The van der Waals surface area contributed by atoms with Gasteiger partial charge in [-0.25, -0.2) is 9.18 Å². The van der Waals surface area contributed by atoms with Crippen molar-refractivity contribution in [2.75, 3.05) is 7.11 Å². The highest BCUT2D eigenvalue weighted by molar-refractivity contribution is 6.24. The van der Waals surface area contributed by atoms with E-state index in [9.17, 15) is 9.18 Å². The van der Waals surface area contributed by atoms with Crippen molar-refractivity contribution >= 4 is 17.8 Å². The van der Waals surface area contributed by atoms with Gasteiger partial charge in [-0.05, 0) is 48.4 Å². The van der Waals surface area contributed by atoms with Gasteiger partial charge in [0.2, 0.25) is 0 Å². The molecule has 2 aromatic rings. The molecule has 0 N–H and O–H groups in total. The van der Waals surface area contributed by atoms with Crippen molar-refractivity contribution < 1.29 is 23.5 Å². The minimum Gasteiger partial charge on any atom is -0.493 e. The van der Waals surface area contributed by atoms with Crippen LogP contribution >= 0.6 is 0 Å². The summed E-state index contributed by atoms with van der Waals surface area (Å²) in [6.07, 6.45) is 1.68. The number of halogens is 1. The summed E-state index contributed by atoms with van der Waals surface area (Å²) in [5, 5.41) is 3.64. The van der Waals surface area contributed by atoms with Gasteiger partial charge in [-0.2, -0.15) is 0 Å². The molecule has 128 valence electrons. The molecule has 0 aliphatic carbocycles. The van der Waals surface area contributed by atoms with Gasteiger partial charge in [0, 0.05) is 0 Å². The van der Waals surface area contributed by atoms with Gasteiger partial charge in [0.15, 0.2) is 11.5 Å². The summed E-state index contributed by atoms with van der Waals surface area (Å²) < 4.78 is 24.0. The van der Waals surface area contributed by atoms with Gasteiger partial charge in [0.05, 0.1) is 18.4 Å². The monoisotopic (exact) mass is 341 g/mol. The third kappa shape index (κ3) is 3.85. The van der Waals surface area contributed by atoms with Gasteiger partial charge in [0.1, 0.15) is 12.4 Å². The molecule has 2 aromatic carbocycles. The molecule has 0 aromatic heterocycles. The number of rotatable bonds is 5. The van der Waals surface area contributed by atoms with E-state index in [1.54, 1.807) is 43.3 Å². The van der Waals surface area contributed by atoms with Crippen LogP contribution in [0.1, 0.15) is 18.1 Å². The molecule has 3 rings (SSSR count). The Morgan fingerprint density at radius 3 is 2.56 bits per heavy atom. The topological polar surface area (TPSA) is 57.1 Å². The highest BCUT2D eigenvalue weighted by Crippen LogP contribution is 2.30. The van der Waals surface area contributed by atoms with Crippen molar-refractivity contribution in [3.63, 3.8) is 0 Å². The molecule has 1 aliphatic heterocycles. The largest absolute Gasteiger partial charge is 0.493 e. The fourth-order valence-electron chi connectivity index (χ4n) is 2.32. The van der Waals surface area contributed by atoms with Gasteiger partial charge < -0.3 is 14.3 Å². The lowest BCUT2D eigenvalue weighted by Gasteiger charge is -2.11. The van der Waals surface area contributed by atoms with E-state index in [1.165, 1.54) is 19.2 Å². The minimum atomic E-state index is -0.479. The number of hydrogen-bond donors (Lipinski definition) is 0. The zero-order valence-electron chi connectivity index (χ0n) is 13.8. The summed E-state index contributed by atoms with van der Waals surface area (Å²) in [5.41, 5.74) is 2.53. The first-order valence-electron chi connectivity index (χ1n) is 7.60. The van der Waals surface area contributed by atoms with E-state index in [2.05, 4.69) is 9.99 Å². The Labute approximate surface area is 144 Å². The Kier molecular flexibility index (Phi) is 4.79. The molecule has 0 amide bonds. The Hall–Kier alpha value is -3.15. The lowest BCUT2D eigenvalue weighted by Crippen LogP contribution is -2.02. The maximum Gasteiger partial charge on any atom is 0.367 e. The molecule has 1 heterocycles. The van der Waals surface area contributed by atoms with Crippen LogP contribution in [0.25, 0.3) is 6.08 Å². The summed E-state index contributed by atoms with van der Waals surface area (Å²) in [4.78, 5) is 16.2. The molecular weight excluding hydrogens is 325 g/mol. The molecule has 25 heavy (non-hydrogen) atoms. The normalized spacial score (nSPS) is 15.1. The number of nitrogens with zero attached hydrogens (tertiary/aromatic N) is 1. The predicted octanol–water partition coefficient (Wildman–Crippen LogP) is 3.73. The van der Waals surface area contributed by atoms with Gasteiger partial charge in [-0.15, -0.1) is 0 Å². The molecule has 0 radical (unpaired) electrons. The van der Waals surface area contributed by atoms with Crippen LogP contribution in [0.15, 0.2) is 53.2 Å². The second-order valence-corrected chi connectivity index (χ2v) is 5.44. The van der Waals surface area contributed by atoms with E-state index >= 15 is 0 Å². The average molecular weight is 341 g/mol. The highest BCUT2D eigenvalue weighted by Gasteiger charge is 2.21. The fourth-order valence-corrected chi connectivity index (χ4v) is 2.32. The van der Waals surface area contributed by atoms with Crippen molar-refractivity contribution in [3.8, 4) is 11.5 Å². The number of carbonyl (C=O) groups excluding carboxylic acids is 1. The van der Waals surface area contributed by atoms with Crippen LogP contribution < -0.4 is 9.47 Å². The lowest BCUT2D eigenvalue weighted by molar-refractivity contribution is -0.136. The molecule has 1 aliphatic rings. The van der Waals surface area contributed by atoms with Gasteiger partial charge >= 0.3 is 5.97 Å². The van der Waals surface area contributed by atoms with Crippen LogP contribution in [0.5, 0.6) is 11.5 Å². The Balaban J connectivity index is 1.78. The maximum absolute atomic E-state index is 12.9. The quantitative estimate of drug-likeness (QED) is 0.614. The first-order chi connectivity index (χ1) is 12.1. The van der Waals surface area contributed by atoms with Crippen LogP contribution in [-0.2, 0) is 16.2 Å².